The van der Waals surface area contributed by atoms with Gasteiger partial charge in [-0.15, -0.1) is 11.8 Å². The number of nitrogens with one attached hydrogen (secondary N) is 1. The summed E-state index contributed by atoms with van der Waals surface area (Å²) in [4.78, 5) is 3.92. The number of rotatable bonds is 4. The van der Waals surface area contributed by atoms with E-state index >= 15 is 0 Å². The number of nitrogens with zero attached hydrogens (tertiary/aromatic N) is 1. The molecule has 0 spiro atoms. The number of para-hydroxylation sites is 1. The Morgan fingerprint density at radius 2 is 1.89 bits per heavy atom. The Bertz CT molecular complexity index is 371. The normalized spacial score (nSPS) is 18.2. The Morgan fingerprint density at radius 1 is 1.22 bits per heavy atom. The van der Waals surface area contributed by atoms with E-state index in [1.807, 2.05) is 11.8 Å². The molecule has 0 bridgehead atoms. The Hall–Kier alpha value is -0.670. The van der Waals surface area contributed by atoms with Crippen LogP contribution in [0, 0.1) is 0 Å². The summed E-state index contributed by atoms with van der Waals surface area (Å²) >= 11 is 1.82. The minimum absolute atomic E-state index is 0.633. The largest absolute Gasteiger partial charge is 0.381 e. The molecular formula is C15H24N2S. The number of anilines is 1. The average Bonchev–Trinajstić information content (AvgIpc) is 2.40. The van der Waals surface area contributed by atoms with Gasteiger partial charge in [0, 0.05) is 35.8 Å². The number of hydrogen-bond donors (Lipinski definition) is 1. The Balaban J connectivity index is 1.91. The Kier molecular flexibility index (Phi) is 4.95. The minimum Gasteiger partial charge on any atom is -0.381 e. The predicted octanol–water partition coefficient (Wildman–Crippen LogP) is 3.69. The number of likely N-dealkylation sites (tertiary alicyclic amines) is 1. The van der Waals surface area contributed by atoms with Gasteiger partial charge in [0.05, 0.1) is 0 Å². The van der Waals surface area contributed by atoms with Crippen molar-refractivity contribution in [2.24, 2.45) is 0 Å². The molecule has 2 rings (SSSR count). The maximum Gasteiger partial charge on any atom is 0.0480 e. The maximum absolute atomic E-state index is 3.71. The van der Waals surface area contributed by atoms with Gasteiger partial charge in [0.25, 0.3) is 0 Å². The van der Waals surface area contributed by atoms with Crippen LogP contribution in [0.1, 0.15) is 26.7 Å². The molecule has 3 heteroatoms. The quantitative estimate of drug-likeness (QED) is 0.835. The van der Waals surface area contributed by atoms with Crippen molar-refractivity contribution in [2.45, 2.75) is 43.7 Å². The highest BCUT2D eigenvalue weighted by Crippen LogP contribution is 2.27. The predicted molar refractivity (Wildman–Crippen MR) is 81.6 cm³/mol. The second-order valence-corrected chi connectivity index (χ2v) is 6.10. The van der Waals surface area contributed by atoms with Crippen LogP contribution in [0.2, 0.25) is 0 Å². The van der Waals surface area contributed by atoms with E-state index in [-0.39, 0.29) is 0 Å². The first-order valence-corrected chi connectivity index (χ1v) is 8.06. The topological polar surface area (TPSA) is 15.3 Å². The highest BCUT2D eigenvalue weighted by atomic mass is 32.2. The molecule has 100 valence electrons. The van der Waals surface area contributed by atoms with Crippen molar-refractivity contribution in [3.63, 3.8) is 0 Å². The summed E-state index contributed by atoms with van der Waals surface area (Å²) in [6, 6.07) is 9.93. The number of benzene rings is 1. The van der Waals surface area contributed by atoms with Crippen molar-refractivity contribution >= 4 is 17.4 Å². The SMILES string of the molecule is CSc1ccccc1NC1CCN(C(C)C)CC1. The van der Waals surface area contributed by atoms with E-state index in [9.17, 15) is 0 Å². The van der Waals surface area contributed by atoms with Crippen molar-refractivity contribution in [1.29, 1.82) is 0 Å². The zero-order chi connectivity index (χ0) is 13.0. The van der Waals surface area contributed by atoms with Gasteiger partial charge in [0.1, 0.15) is 0 Å². The first-order chi connectivity index (χ1) is 8.70. The first kappa shape index (κ1) is 13.8. The molecule has 0 radical (unpaired) electrons. The molecule has 0 atom stereocenters. The van der Waals surface area contributed by atoms with Crippen LogP contribution in [0.15, 0.2) is 29.2 Å². The van der Waals surface area contributed by atoms with Crippen LogP contribution >= 0.6 is 11.8 Å². The molecule has 1 heterocycles. The van der Waals surface area contributed by atoms with Gasteiger partial charge in [-0.3, -0.25) is 0 Å². The fourth-order valence-electron chi connectivity index (χ4n) is 2.54. The smallest absolute Gasteiger partial charge is 0.0480 e. The second kappa shape index (κ2) is 6.48. The molecule has 0 aliphatic carbocycles. The average molecular weight is 264 g/mol. The lowest BCUT2D eigenvalue weighted by molar-refractivity contribution is 0.177. The third-order valence-electron chi connectivity index (χ3n) is 3.73. The van der Waals surface area contributed by atoms with E-state index < -0.39 is 0 Å². The molecule has 0 unspecified atom stereocenters. The summed E-state index contributed by atoms with van der Waals surface area (Å²) in [6.45, 7) is 7.01. The minimum atomic E-state index is 0.633. The zero-order valence-corrected chi connectivity index (χ0v) is 12.5. The van der Waals surface area contributed by atoms with E-state index in [2.05, 4.69) is 54.6 Å². The number of piperidine rings is 1. The van der Waals surface area contributed by atoms with Crippen molar-refractivity contribution in [1.82, 2.24) is 4.90 Å². The fraction of sp³-hybridized carbons (Fsp3) is 0.600. The molecule has 1 aliphatic rings. The van der Waals surface area contributed by atoms with Gasteiger partial charge in [0.2, 0.25) is 0 Å². The summed E-state index contributed by atoms with van der Waals surface area (Å²) < 4.78 is 0. The molecule has 0 aromatic heterocycles. The molecule has 1 aromatic carbocycles. The van der Waals surface area contributed by atoms with Gasteiger partial charge in [-0.05, 0) is 45.1 Å². The molecular weight excluding hydrogens is 240 g/mol. The van der Waals surface area contributed by atoms with Crippen LogP contribution in [0.3, 0.4) is 0 Å². The third kappa shape index (κ3) is 3.42. The number of thioether (sulfide) groups is 1. The molecule has 18 heavy (non-hydrogen) atoms. The van der Waals surface area contributed by atoms with Crippen LogP contribution in [0.25, 0.3) is 0 Å². The molecule has 1 aromatic rings. The van der Waals surface area contributed by atoms with Gasteiger partial charge in [0.15, 0.2) is 0 Å². The molecule has 1 N–H and O–H groups in total. The lowest BCUT2D eigenvalue weighted by Gasteiger charge is -2.35. The van der Waals surface area contributed by atoms with Crippen molar-refractivity contribution in [3.05, 3.63) is 24.3 Å². The number of hydrogen-bond acceptors (Lipinski definition) is 3. The van der Waals surface area contributed by atoms with Gasteiger partial charge in [-0.1, -0.05) is 12.1 Å². The monoisotopic (exact) mass is 264 g/mol. The molecule has 1 aliphatic heterocycles. The van der Waals surface area contributed by atoms with E-state index in [4.69, 9.17) is 0 Å². The summed E-state index contributed by atoms with van der Waals surface area (Å²) in [5, 5.41) is 3.71. The maximum atomic E-state index is 3.71. The molecule has 0 amide bonds. The lowest BCUT2D eigenvalue weighted by atomic mass is 10.0. The molecule has 1 fully saturated rings. The second-order valence-electron chi connectivity index (χ2n) is 5.25. The molecule has 2 nitrogen and oxygen atoms in total. The van der Waals surface area contributed by atoms with Crippen LogP contribution in [-0.4, -0.2) is 36.3 Å². The van der Waals surface area contributed by atoms with Crippen LogP contribution < -0.4 is 5.32 Å². The summed E-state index contributed by atoms with van der Waals surface area (Å²) in [7, 11) is 0. The summed E-state index contributed by atoms with van der Waals surface area (Å²) in [6.07, 6.45) is 4.64. The van der Waals surface area contributed by atoms with Crippen LogP contribution in [0.4, 0.5) is 5.69 Å². The third-order valence-corrected chi connectivity index (χ3v) is 4.52. The molecule has 1 saturated heterocycles. The highest BCUT2D eigenvalue weighted by Gasteiger charge is 2.20. The lowest BCUT2D eigenvalue weighted by Crippen LogP contribution is -2.42. The first-order valence-electron chi connectivity index (χ1n) is 6.84. The van der Waals surface area contributed by atoms with Gasteiger partial charge in [-0.2, -0.15) is 0 Å². The van der Waals surface area contributed by atoms with Crippen LogP contribution in [-0.2, 0) is 0 Å². The van der Waals surface area contributed by atoms with Crippen molar-refractivity contribution < 1.29 is 0 Å². The van der Waals surface area contributed by atoms with E-state index in [1.54, 1.807) is 0 Å². The summed E-state index contributed by atoms with van der Waals surface area (Å²) in [5.74, 6) is 0. The van der Waals surface area contributed by atoms with E-state index in [0.29, 0.717) is 12.1 Å². The summed E-state index contributed by atoms with van der Waals surface area (Å²) in [5.41, 5.74) is 1.30. The van der Waals surface area contributed by atoms with Crippen molar-refractivity contribution in [3.8, 4) is 0 Å². The standard InChI is InChI=1S/C15H24N2S/c1-12(2)17-10-8-13(9-11-17)16-14-6-4-5-7-15(14)18-3/h4-7,12-13,16H,8-11H2,1-3H3. The fourth-order valence-corrected chi connectivity index (χ4v) is 3.11. The van der Waals surface area contributed by atoms with Crippen LogP contribution in [0.5, 0.6) is 0 Å². The Morgan fingerprint density at radius 3 is 2.50 bits per heavy atom. The van der Waals surface area contributed by atoms with Crippen molar-refractivity contribution in [2.75, 3.05) is 24.7 Å². The van der Waals surface area contributed by atoms with Gasteiger partial charge in [-0.25, -0.2) is 0 Å². The van der Waals surface area contributed by atoms with E-state index in [0.717, 1.165) is 0 Å². The van der Waals surface area contributed by atoms with Gasteiger partial charge < -0.3 is 10.2 Å². The Labute approximate surface area is 115 Å². The molecule has 0 saturated carbocycles. The van der Waals surface area contributed by atoms with E-state index in [1.165, 1.54) is 36.5 Å². The van der Waals surface area contributed by atoms with Gasteiger partial charge >= 0.3 is 0 Å². The zero-order valence-electron chi connectivity index (χ0n) is 11.6. The highest BCUT2D eigenvalue weighted by molar-refractivity contribution is 7.98.